The first-order valence-electron chi connectivity index (χ1n) is 6.41. The van der Waals surface area contributed by atoms with E-state index in [2.05, 4.69) is 28.3 Å². The highest BCUT2D eigenvalue weighted by molar-refractivity contribution is 7.16. The van der Waals surface area contributed by atoms with Gasteiger partial charge < -0.3 is 14.8 Å². The minimum absolute atomic E-state index is 0.654. The molecule has 108 valence electrons. The Kier molecular flexibility index (Phi) is 3.62. The lowest BCUT2D eigenvalue weighted by Crippen LogP contribution is -1.96. The molecule has 0 saturated carbocycles. The van der Waals surface area contributed by atoms with Gasteiger partial charge in [-0.3, -0.25) is 0 Å². The Hall–Kier alpha value is -2.34. The minimum Gasteiger partial charge on any atom is -0.493 e. The highest BCUT2D eigenvalue weighted by Crippen LogP contribution is 2.35. The minimum atomic E-state index is 0.654. The van der Waals surface area contributed by atoms with Gasteiger partial charge >= 0.3 is 0 Å². The quantitative estimate of drug-likeness (QED) is 0.795. The lowest BCUT2D eigenvalue weighted by Gasteiger charge is -2.11. The van der Waals surface area contributed by atoms with Crippen LogP contribution in [0, 0.1) is 6.92 Å². The molecule has 0 fully saturated rings. The molecule has 1 N–H and O–H groups in total. The third-order valence-electron chi connectivity index (χ3n) is 3.12. The molecule has 6 heteroatoms. The molecule has 21 heavy (non-hydrogen) atoms. The van der Waals surface area contributed by atoms with Crippen LogP contribution in [0.5, 0.6) is 11.5 Å². The number of benzene rings is 1. The summed E-state index contributed by atoms with van der Waals surface area (Å²) >= 11 is 1.68. The van der Waals surface area contributed by atoms with Gasteiger partial charge in [-0.2, -0.15) is 0 Å². The van der Waals surface area contributed by atoms with Crippen LogP contribution < -0.4 is 14.8 Å². The van der Waals surface area contributed by atoms with Crippen LogP contribution in [0.3, 0.4) is 0 Å². The second-order valence-electron chi connectivity index (χ2n) is 4.48. The summed E-state index contributed by atoms with van der Waals surface area (Å²) < 4.78 is 10.6. The van der Waals surface area contributed by atoms with Crippen LogP contribution in [0.2, 0.25) is 0 Å². The Morgan fingerprint density at radius 2 is 1.81 bits per heavy atom. The zero-order chi connectivity index (χ0) is 14.8. The SMILES string of the molecule is COc1cc2ncnc(Nc3ccc(C)s3)c2cc1OC. The lowest BCUT2D eigenvalue weighted by atomic mass is 10.2. The monoisotopic (exact) mass is 301 g/mol. The van der Waals surface area contributed by atoms with Crippen molar-refractivity contribution in [3.63, 3.8) is 0 Å². The topological polar surface area (TPSA) is 56.3 Å². The molecule has 0 atom stereocenters. The molecule has 5 nitrogen and oxygen atoms in total. The number of fused-ring (bicyclic) bond motifs is 1. The van der Waals surface area contributed by atoms with E-state index in [-0.39, 0.29) is 0 Å². The normalized spacial score (nSPS) is 10.6. The van der Waals surface area contributed by atoms with Crippen molar-refractivity contribution < 1.29 is 9.47 Å². The molecule has 0 radical (unpaired) electrons. The molecule has 0 aliphatic heterocycles. The van der Waals surface area contributed by atoms with Crippen molar-refractivity contribution in [2.24, 2.45) is 0 Å². The van der Waals surface area contributed by atoms with Gasteiger partial charge in [0.2, 0.25) is 0 Å². The van der Waals surface area contributed by atoms with Crippen molar-refractivity contribution in [1.29, 1.82) is 0 Å². The third kappa shape index (κ3) is 2.62. The van der Waals surface area contributed by atoms with Crippen molar-refractivity contribution >= 4 is 33.1 Å². The van der Waals surface area contributed by atoms with Crippen molar-refractivity contribution in [2.45, 2.75) is 6.92 Å². The van der Waals surface area contributed by atoms with Crippen LogP contribution >= 0.6 is 11.3 Å². The van der Waals surface area contributed by atoms with Gasteiger partial charge in [0.05, 0.1) is 24.7 Å². The first kappa shape index (κ1) is 13.6. The Morgan fingerprint density at radius 1 is 1.05 bits per heavy atom. The molecule has 0 amide bonds. The van der Waals surface area contributed by atoms with Gasteiger partial charge in [0.1, 0.15) is 12.1 Å². The number of ether oxygens (including phenoxy) is 2. The molecule has 0 bridgehead atoms. The fraction of sp³-hybridized carbons (Fsp3) is 0.200. The smallest absolute Gasteiger partial charge is 0.162 e. The molecule has 0 saturated heterocycles. The van der Waals surface area contributed by atoms with Gasteiger partial charge in [0.15, 0.2) is 11.5 Å². The van der Waals surface area contributed by atoms with Crippen LogP contribution in [-0.2, 0) is 0 Å². The van der Waals surface area contributed by atoms with Crippen LogP contribution in [-0.4, -0.2) is 24.2 Å². The highest BCUT2D eigenvalue weighted by Gasteiger charge is 2.11. The van der Waals surface area contributed by atoms with Gasteiger partial charge in [-0.05, 0) is 25.1 Å². The van der Waals surface area contributed by atoms with Gasteiger partial charge in [-0.15, -0.1) is 11.3 Å². The molecule has 2 heterocycles. The van der Waals surface area contributed by atoms with E-state index >= 15 is 0 Å². The Labute approximate surface area is 126 Å². The summed E-state index contributed by atoms with van der Waals surface area (Å²) in [4.78, 5) is 9.87. The van der Waals surface area contributed by atoms with E-state index in [9.17, 15) is 0 Å². The number of methoxy groups -OCH3 is 2. The first-order valence-corrected chi connectivity index (χ1v) is 7.23. The standard InChI is InChI=1S/C15H15N3O2S/c1-9-4-5-14(21-9)18-15-10-6-12(19-2)13(20-3)7-11(10)16-8-17-15/h4-8H,1-3H3,(H,16,17,18). The second kappa shape index (κ2) is 5.57. The van der Waals surface area contributed by atoms with Gasteiger partial charge in [-0.1, -0.05) is 0 Å². The van der Waals surface area contributed by atoms with E-state index in [1.807, 2.05) is 18.2 Å². The number of hydrogen-bond donors (Lipinski definition) is 1. The second-order valence-corrected chi connectivity index (χ2v) is 5.77. The van der Waals surface area contributed by atoms with Gasteiger partial charge in [-0.25, -0.2) is 9.97 Å². The van der Waals surface area contributed by atoms with E-state index in [0.717, 1.165) is 21.7 Å². The van der Waals surface area contributed by atoms with Crippen LogP contribution in [0.4, 0.5) is 10.8 Å². The molecule has 3 aromatic rings. The van der Waals surface area contributed by atoms with Crippen LogP contribution in [0.15, 0.2) is 30.6 Å². The molecular weight excluding hydrogens is 286 g/mol. The number of nitrogens with zero attached hydrogens (tertiary/aromatic N) is 2. The maximum atomic E-state index is 5.35. The summed E-state index contributed by atoms with van der Waals surface area (Å²) in [6.07, 6.45) is 1.54. The lowest BCUT2D eigenvalue weighted by molar-refractivity contribution is 0.356. The van der Waals surface area contributed by atoms with Crippen LogP contribution in [0.1, 0.15) is 4.88 Å². The molecule has 0 spiro atoms. The van der Waals surface area contributed by atoms with Crippen molar-refractivity contribution in [3.05, 3.63) is 35.5 Å². The number of thiophene rings is 1. The number of aromatic nitrogens is 2. The maximum absolute atomic E-state index is 5.35. The largest absolute Gasteiger partial charge is 0.493 e. The molecule has 1 aromatic carbocycles. The number of anilines is 2. The summed E-state index contributed by atoms with van der Waals surface area (Å²) in [5, 5.41) is 5.26. The number of hydrogen-bond acceptors (Lipinski definition) is 6. The average molecular weight is 301 g/mol. The molecule has 2 aromatic heterocycles. The average Bonchev–Trinajstić information content (AvgIpc) is 2.91. The van der Waals surface area contributed by atoms with Crippen LogP contribution in [0.25, 0.3) is 10.9 Å². The Balaban J connectivity index is 2.10. The number of aryl methyl sites for hydroxylation is 1. The first-order chi connectivity index (χ1) is 10.2. The summed E-state index contributed by atoms with van der Waals surface area (Å²) in [5.74, 6) is 2.06. The highest BCUT2D eigenvalue weighted by atomic mass is 32.1. The zero-order valence-corrected chi connectivity index (χ0v) is 12.8. The van der Waals surface area contributed by atoms with E-state index < -0.39 is 0 Å². The van der Waals surface area contributed by atoms with E-state index in [1.54, 1.807) is 25.6 Å². The molecule has 0 unspecified atom stereocenters. The summed E-state index contributed by atoms with van der Waals surface area (Å²) in [5.41, 5.74) is 0.804. The summed E-state index contributed by atoms with van der Waals surface area (Å²) in [6.45, 7) is 2.07. The summed E-state index contributed by atoms with van der Waals surface area (Å²) in [6, 6.07) is 7.84. The molecule has 0 aliphatic carbocycles. The third-order valence-corrected chi connectivity index (χ3v) is 4.04. The number of nitrogens with one attached hydrogen (secondary N) is 1. The predicted molar refractivity (Wildman–Crippen MR) is 85.0 cm³/mol. The summed E-state index contributed by atoms with van der Waals surface area (Å²) in [7, 11) is 3.22. The van der Waals surface area contributed by atoms with E-state index in [1.165, 1.54) is 11.2 Å². The zero-order valence-electron chi connectivity index (χ0n) is 12.0. The molecular formula is C15H15N3O2S. The Morgan fingerprint density at radius 3 is 2.48 bits per heavy atom. The van der Waals surface area contributed by atoms with Crippen molar-refractivity contribution in [1.82, 2.24) is 9.97 Å². The van der Waals surface area contributed by atoms with Crippen molar-refractivity contribution in [2.75, 3.05) is 19.5 Å². The fourth-order valence-corrected chi connectivity index (χ4v) is 2.87. The fourth-order valence-electron chi connectivity index (χ4n) is 2.10. The van der Waals surface area contributed by atoms with E-state index in [0.29, 0.717) is 11.5 Å². The maximum Gasteiger partial charge on any atom is 0.162 e. The Bertz CT molecular complexity index is 786. The van der Waals surface area contributed by atoms with Gasteiger partial charge in [0, 0.05) is 16.3 Å². The molecule has 0 aliphatic rings. The molecule has 3 rings (SSSR count). The predicted octanol–water partition coefficient (Wildman–Crippen LogP) is 3.76. The van der Waals surface area contributed by atoms with Crippen molar-refractivity contribution in [3.8, 4) is 11.5 Å². The number of rotatable bonds is 4. The van der Waals surface area contributed by atoms with E-state index in [4.69, 9.17) is 9.47 Å². The van der Waals surface area contributed by atoms with Gasteiger partial charge in [0.25, 0.3) is 0 Å².